The molecule has 0 saturated carbocycles. The molecule has 0 saturated heterocycles. The number of aromatic amines is 1. The Kier molecular flexibility index (Phi) is 5.97. The molecule has 0 bridgehead atoms. The number of imidazole rings is 1. The largest absolute Gasteiger partial charge is 0.453 e. The summed E-state index contributed by atoms with van der Waals surface area (Å²) in [7, 11) is 1.64. The van der Waals surface area contributed by atoms with Gasteiger partial charge in [0.2, 0.25) is 0 Å². The number of nitrogens with zero attached hydrogens (tertiary/aromatic N) is 6. The minimum absolute atomic E-state index is 0.0670. The van der Waals surface area contributed by atoms with Gasteiger partial charge < -0.3 is 9.30 Å². The topological polar surface area (TPSA) is 130 Å². The van der Waals surface area contributed by atoms with Crippen LogP contribution < -0.4 is 11.2 Å². The predicted octanol–water partition coefficient (Wildman–Crippen LogP) is 1.22. The number of fused-ring (bicyclic) bond motifs is 1. The van der Waals surface area contributed by atoms with E-state index < -0.39 is 17.2 Å². The zero-order chi connectivity index (χ0) is 22.7. The summed E-state index contributed by atoms with van der Waals surface area (Å²) in [5, 5.41) is 7.84. The van der Waals surface area contributed by atoms with Crippen molar-refractivity contribution in [2.75, 3.05) is 0 Å². The number of esters is 1. The molecule has 0 atom stereocenters. The van der Waals surface area contributed by atoms with Crippen LogP contribution in [0.25, 0.3) is 11.2 Å². The van der Waals surface area contributed by atoms with Gasteiger partial charge in [0.25, 0.3) is 5.56 Å². The van der Waals surface area contributed by atoms with Crippen LogP contribution in [0.5, 0.6) is 0 Å². The maximum Gasteiger partial charge on any atom is 0.360 e. The van der Waals surface area contributed by atoms with Crippen LogP contribution in [0, 0.1) is 0 Å². The number of unbranched alkanes of at least 4 members (excludes halogenated alkanes) is 1. The second kappa shape index (κ2) is 9.00. The Labute approximate surface area is 182 Å². The van der Waals surface area contributed by atoms with E-state index in [1.165, 1.54) is 15.3 Å². The molecule has 0 amide bonds. The minimum atomic E-state index is -0.659. The van der Waals surface area contributed by atoms with Crippen molar-refractivity contribution in [3.63, 3.8) is 0 Å². The summed E-state index contributed by atoms with van der Waals surface area (Å²) in [5.74, 6) is -0.319. The lowest BCUT2D eigenvalue weighted by Gasteiger charge is -2.04. The molecule has 3 aromatic heterocycles. The van der Waals surface area contributed by atoms with Crippen LogP contribution in [0.2, 0.25) is 0 Å². The lowest BCUT2D eigenvalue weighted by molar-refractivity contribution is 0.0452. The number of carbonyl (C=O) groups excluding carboxylic acids is 1. The molecule has 0 aliphatic rings. The summed E-state index contributed by atoms with van der Waals surface area (Å²) in [6.45, 7) is 2.73. The van der Waals surface area contributed by atoms with Crippen LogP contribution in [-0.4, -0.2) is 40.1 Å². The number of nitrogens with one attached hydrogen (secondary N) is 1. The van der Waals surface area contributed by atoms with Crippen LogP contribution >= 0.6 is 0 Å². The molecule has 3 heterocycles. The molecule has 0 radical (unpaired) electrons. The van der Waals surface area contributed by atoms with Gasteiger partial charge in [0.1, 0.15) is 12.4 Å². The summed E-state index contributed by atoms with van der Waals surface area (Å²) in [6.07, 6.45) is 3.16. The Hall–Kier alpha value is -4.02. The molecule has 0 aliphatic carbocycles. The average molecular weight is 437 g/mol. The molecule has 4 rings (SSSR count). The summed E-state index contributed by atoms with van der Waals surface area (Å²) < 4.78 is 9.84. The number of H-pyrrole nitrogens is 1. The highest BCUT2D eigenvalue weighted by Crippen LogP contribution is 2.12. The maximum absolute atomic E-state index is 12.4. The standard InChI is InChI=1S/C21H23N7O4/c1-3-4-10-28-18-17(19(29)23-21(28)31)26(2)16(22-18)13-32-20(30)15-12-27(25-24-15)11-14-8-6-5-7-9-14/h5-9,12H,3-4,10-11,13H2,1-2H3,(H,23,29,31). The Bertz CT molecular complexity index is 1360. The van der Waals surface area contributed by atoms with E-state index in [1.807, 2.05) is 37.3 Å². The smallest absolute Gasteiger partial charge is 0.360 e. The van der Waals surface area contributed by atoms with Gasteiger partial charge in [0.05, 0.1) is 12.7 Å². The van der Waals surface area contributed by atoms with Gasteiger partial charge in [0, 0.05) is 13.6 Å². The lowest BCUT2D eigenvalue weighted by Crippen LogP contribution is -2.31. The Morgan fingerprint density at radius 3 is 2.72 bits per heavy atom. The van der Waals surface area contributed by atoms with Gasteiger partial charge in [-0.2, -0.15) is 0 Å². The van der Waals surface area contributed by atoms with Gasteiger partial charge in [-0.15, -0.1) is 5.10 Å². The zero-order valence-electron chi connectivity index (χ0n) is 17.8. The molecule has 0 aliphatic heterocycles. The number of benzene rings is 1. The highest BCUT2D eigenvalue weighted by molar-refractivity contribution is 5.86. The van der Waals surface area contributed by atoms with Crippen LogP contribution in [0.3, 0.4) is 0 Å². The number of hydrogen-bond acceptors (Lipinski definition) is 7. The number of aryl methyl sites for hydroxylation is 2. The van der Waals surface area contributed by atoms with Crippen molar-refractivity contribution in [3.05, 3.63) is 74.4 Å². The Morgan fingerprint density at radius 1 is 1.19 bits per heavy atom. The summed E-state index contributed by atoms with van der Waals surface area (Å²) in [6, 6.07) is 9.67. The molecule has 166 valence electrons. The highest BCUT2D eigenvalue weighted by atomic mass is 16.5. The fourth-order valence-corrected chi connectivity index (χ4v) is 3.39. The minimum Gasteiger partial charge on any atom is -0.453 e. The Morgan fingerprint density at radius 2 is 1.97 bits per heavy atom. The third-order valence-corrected chi connectivity index (χ3v) is 5.11. The monoisotopic (exact) mass is 437 g/mol. The normalized spacial score (nSPS) is 11.2. The van der Waals surface area contributed by atoms with Crippen molar-refractivity contribution in [2.24, 2.45) is 7.05 Å². The molecule has 1 N–H and O–H groups in total. The van der Waals surface area contributed by atoms with E-state index in [9.17, 15) is 14.4 Å². The van der Waals surface area contributed by atoms with Crippen molar-refractivity contribution < 1.29 is 9.53 Å². The van der Waals surface area contributed by atoms with Crippen LogP contribution in [0.4, 0.5) is 0 Å². The number of aromatic nitrogens is 7. The number of rotatable bonds is 8. The third-order valence-electron chi connectivity index (χ3n) is 5.11. The molecule has 32 heavy (non-hydrogen) atoms. The van der Waals surface area contributed by atoms with Crippen molar-refractivity contribution in [1.29, 1.82) is 0 Å². The first-order chi connectivity index (χ1) is 15.5. The van der Waals surface area contributed by atoms with Crippen LogP contribution in [0.15, 0.2) is 46.1 Å². The van der Waals surface area contributed by atoms with E-state index in [1.54, 1.807) is 11.7 Å². The predicted molar refractivity (Wildman–Crippen MR) is 115 cm³/mol. The molecule has 11 heteroatoms. The van der Waals surface area contributed by atoms with Crippen molar-refractivity contribution in [1.82, 2.24) is 34.1 Å². The molecule has 11 nitrogen and oxygen atoms in total. The molecule has 4 aromatic rings. The van der Waals surface area contributed by atoms with Crippen molar-refractivity contribution in [3.8, 4) is 0 Å². The first-order valence-electron chi connectivity index (χ1n) is 10.3. The van der Waals surface area contributed by atoms with Crippen molar-refractivity contribution in [2.45, 2.75) is 39.5 Å². The second-order valence-corrected chi connectivity index (χ2v) is 7.39. The van der Waals surface area contributed by atoms with E-state index in [-0.39, 0.29) is 23.5 Å². The number of carbonyl (C=O) groups is 1. The van der Waals surface area contributed by atoms with E-state index in [4.69, 9.17) is 4.74 Å². The quantitative estimate of drug-likeness (QED) is 0.410. The van der Waals surface area contributed by atoms with Crippen LogP contribution in [-0.2, 0) is 31.5 Å². The molecular formula is C21H23N7O4. The maximum atomic E-state index is 12.4. The lowest BCUT2D eigenvalue weighted by atomic mass is 10.2. The number of ether oxygens (including phenoxy) is 1. The van der Waals surface area contributed by atoms with Gasteiger partial charge in [-0.3, -0.25) is 14.3 Å². The first-order valence-corrected chi connectivity index (χ1v) is 10.3. The summed E-state index contributed by atoms with van der Waals surface area (Å²) in [4.78, 5) is 43.7. The molecule has 0 unspecified atom stereocenters. The zero-order valence-corrected chi connectivity index (χ0v) is 17.8. The molecule has 1 aromatic carbocycles. The molecular weight excluding hydrogens is 414 g/mol. The third kappa shape index (κ3) is 4.22. The van der Waals surface area contributed by atoms with Gasteiger partial charge in [-0.05, 0) is 12.0 Å². The molecule has 0 fully saturated rings. The van der Waals surface area contributed by atoms with E-state index in [0.29, 0.717) is 18.9 Å². The van der Waals surface area contributed by atoms with E-state index in [0.717, 1.165) is 18.4 Å². The van der Waals surface area contributed by atoms with Gasteiger partial charge in [-0.1, -0.05) is 48.9 Å². The fraction of sp³-hybridized carbons (Fsp3) is 0.333. The summed E-state index contributed by atoms with van der Waals surface area (Å²) >= 11 is 0. The second-order valence-electron chi connectivity index (χ2n) is 7.39. The SMILES string of the molecule is CCCCn1c(=O)[nH]c(=O)c2c1nc(COC(=O)c1cn(Cc3ccccc3)nn1)n2C. The fourth-order valence-electron chi connectivity index (χ4n) is 3.39. The molecule has 0 spiro atoms. The van der Waals surface area contributed by atoms with Gasteiger partial charge in [0.15, 0.2) is 16.9 Å². The average Bonchev–Trinajstić information content (AvgIpc) is 3.37. The van der Waals surface area contributed by atoms with Crippen LogP contribution in [0.1, 0.15) is 41.6 Å². The van der Waals surface area contributed by atoms with E-state index >= 15 is 0 Å². The van der Waals surface area contributed by atoms with Gasteiger partial charge in [-0.25, -0.2) is 19.3 Å². The Balaban J connectivity index is 1.51. The van der Waals surface area contributed by atoms with Gasteiger partial charge >= 0.3 is 11.7 Å². The first kappa shape index (κ1) is 21.2. The van der Waals surface area contributed by atoms with Crippen molar-refractivity contribution >= 4 is 17.1 Å². The highest BCUT2D eigenvalue weighted by Gasteiger charge is 2.19. The van der Waals surface area contributed by atoms with E-state index in [2.05, 4.69) is 20.3 Å². The summed E-state index contributed by atoms with van der Waals surface area (Å²) in [5.41, 5.74) is 0.575. The number of hydrogen-bond donors (Lipinski definition) is 1.